The zero-order valence-corrected chi connectivity index (χ0v) is 22.0. The standard InChI is InChI=1S/C27H29F3N8O2/c1-3-31-24-23-25(33-15-32-24)38(16-34-23)19-7-4-17(5-8-19)35-26(39)36-18-6-9-22(21(14-18)27(28,29)30)40-20-10-12-37(2)13-11-20/h4-9,14-16,20H,3,10-13H2,1-2H3,(H,31,32,33)(H2,35,36,39). The molecule has 0 bridgehead atoms. The quantitative estimate of drug-likeness (QED) is 0.281. The third kappa shape index (κ3) is 6.09. The maximum atomic E-state index is 13.8. The van der Waals surface area contributed by atoms with Crippen molar-refractivity contribution in [1.29, 1.82) is 0 Å². The van der Waals surface area contributed by atoms with Crippen molar-refractivity contribution in [2.24, 2.45) is 0 Å². The zero-order chi connectivity index (χ0) is 28.3. The van der Waals surface area contributed by atoms with Crippen LogP contribution in [0, 0.1) is 0 Å². The van der Waals surface area contributed by atoms with Crippen LogP contribution in [0.3, 0.4) is 0 Å². The molecule has 210 valence electrons. The van der Waals surface area contributed by atoms with E-state index in [1.807, 2.05) is 14.0 Å². The lowest BCUT2D eigenvalue weighted by molar-refractivity contribution is -0.139. The average Bonchev–Trinajstić information content (AvgIpc) is 3.36. The van der Waals surface area contributed by atoms with Crippen LogP contribution in [0.5, 0.6) is 5.75 Å². The number of halogens is 3. The van der Waals surface area contributed by atoms with E-state index in [1.165, 1.54) is 18.5 Å². The number of ether oxygens (including phenoxy) is 1. The van der Waals surface area contributed by atoms with Gasteiger partial charge in [-0.1, -0.05) is 0 Å². The number of carbonyl (C=O) groups is 1. The first-order valence-electron chi connectivity index (χ1n) is 12.9. The molecule has 1 aliphatic rings. The van der Waals surface area contributed by atoms with E-state index in [-0.39, 0.29) is 17.5 Å². The first-order valence-corrected chi connectivity index (χ1v) is 12.9. The number of nitrogens with one attached hydrogen (secondary N) is 3. The lowest BCUT2D eigenvalue weighted by Gasteiger charge is -2.30. The monoisotopic (exact) mass is 554 g/mol. The van der Waals surface area contributed by atoms with Crippen LogP contribution in [0.15, 0.2) is 55.1 Å². The number of hydrogen-bond acceptors (Lipinski definition) is 7. The summed E-state index contributed by atoms with van der Waals surface area (Å²) in [6.45, 7) is 4.17. The molecule has 0 radical (unpaired) electrons. The largest absolute Gasteiger partial charge is 0.490 e. The predicted molar refractivity (Wildman–Crippen MR) is 146 cm³/mol. The van der Waals surface area contributed by atoms with E-state index in [2.05, 4.69) is 35.8 Å². The van der Waals surface area contributed by atoms with Gasteiger partial charge in [0.1, 0.15) is 24.5 Å². The fourth-order valence-corrected chi connectivity index (χ4v) is 4.53. The summed E-state index contributed by atoms with van der Waals surface area (Å²) in [5.41, 5.74) is 1.53. The molecule has 40 heavy (non-hydrogen) atoms. The highest BCUT2D eigenvalue weighted by Gasteiger charge is 2.35. The molecule has 2 amide bonds. The van der Waals surface area contributed by atoms with E-state index in [4.69, 9.17) is 4.74 Å². The minimum atomic E-state index is -4.64. The summed E-state index contributed by atoms with van der Waals surface area (Å²) >= 11 is 0. The fraction of sp³-hybridized carbons (Fsp3) is 0.333. The number of nitrogens with zero attached hydrogens (tertiary/aromatic N) is 5. The Kier molecular flexibility index (Phi) is 7.74. The van der Waals surface area contributed by atoms with Gasteiger partial charge in [0.05, 0.1) is 5.56 Å². The lowest BCUT2D eigenvalue weighted by atomic mass is 10.1. The van der Waals surface area contributed by atoms with Gasteiger partial charge < -0.3 is 25.6 Å². The Labute approximate surface area is 228 Å². The molecule has 2 aromatic carbocycles. The normalized spacial score (nSPS) is 14.7. The number of aromatic nitrogens is 4. The molecule has 0 aliphatic carbocycles. The summed E-state index contributed by atoms with van der Waals surface area (Å²) in [4.78, 5) is 27.6. The number of urea groups is 1. The number of anilines is 3. The van der Waals surface area contributed by atoms with Gasteiger partial charge in [-0.15, -0.1) is 0 Å². The number of hydrogen-bond donors (Lipinski definition) is 3. The summed E-state index contributed by atoms with van der Waals surface area (Å²) in [5, 5.41) is 8.26. The highest BCUT2D eigenvalue weighted by molar-refractivity contribution is 6.00. The van der Waals surface area contributed by atoms with E-state index >= 15 is 0 Å². The lowest BCUT2D eigenvalue weighted by Crippen LogP contribution is -2.36. The maximum absolute atomic E-state index is 13.8. The summed E-state index contributed by atoms with van der Waals surface area (Å²) in [7, 11) is 1.97. The van der Waals surface area contributed by atoms with Crippen LogP contribution in [-0.2, 0) is 6.18 Å². The van der Waals surface area contributed by atoms with E-state index in [9.17, 15) is 18.0 Å². The molecule has 5 rings (SSSR count). The molecule has 2 aromatic heterocycles. The SMILES string of the molecule is CCNc1ncnc2c1ncn2-c1ccc(NC(=O)Nc2ccc(OC3CCN(C)CC3)c(C(F)(F)F)c2)cc1. The highest BCUT2D eigenvalue weighted by Crippen LogP contribution is 2.39. The second-order valence-electron chi connectivity index (χ2n) is 9.49. The smallest absolute Gasteiger partial charge is 0.420 e. The molecule has 0 spiro atoms. The molecule has 10 nitrogen and oxygen atoms in total. The van der Waals surface area contributed by atoms with Crippen molar-refractivity contribution in [1.82, 2.24) is 24.4 Å². The molecular weight excluding hydrogens is 525 g/mol. The minimum absolute atomic E-state index is 0.00163. The minimum Gasteiger partial charge on any atom is -0.490 e. The Balaban J connectivity index is 1.26. The van der Waals surface area contributed by atoms with Gasteiger partial charge in [-0.2, -0.15) is 13.2 Å². The van der Waals surface area contributed by atoms with Crippen LogP contribution in [-0.4, -0.2) is 63.2 Å². The van der Waals surface area contributed by atoms with E-state index in [0.717, 1.165) is 24.8 Å². The Morgan fingerprint density at radius 3 is 2.42 bits per heavy atom. The maximum Gasteiger partial charge on any atom is 0.420 e. The first kappa shape index (κ1) is 27.2. The Morgan fingerprint density at radius 1 is 1.02 bits per heavy atom. The number of imidazole rings is 1. The van der Waals surface area contributed by atoms with E-state index in [0.29, 0.717) is 42.1 Å². The van der Waals surface area contributed by atoms with Crippen molar-refractivity contribution >= 4 is 34.4 Å². The molecule has 13 heteroatoms. The van der Waals surface area contributed by atoms with Gasteiger partial charge in [0.2, 0.25) is 0 Å². The number of piperidine rings is 1. The molecule has 0 atom stereocenters. The predicted octanol–water partition coefficient (Wildman–Crippen LogP) is 5.38. The number of rotatable bonds is 7. The van der Waals surface area contributed by atoms with Crippen molar-refractivity contribution < 1.29 is 22.7 Å². The van der Waals surface area contributed by atoms with Gasteiger partial charge in [0.25, 0.3) is 0 Å². The van der Waals surface area contributed by atoms with Crippen LogP contribution in [0.25, 0.3) is 16.9 Å². The molecule has 3 heterocycles. The number of alkyl halides is 3. The van der Waals surface area contributed by atoms with Crippen molar-refractivity contribution in [2.45, 2.75) is 32.0 Å². The van der Waals surface area contributed by atoms with Gasteiger partial charge in [0.15, 0.2) is 17.0 Å². The van der Waals surface area contributed by atoms with Crippen molar-refractivity contribution in [2.75, 3.05) is 42.6 Å². The number of amides is 2. The fourth-order valence-electron chi connectivity index (χ4n) is 4.53. The van der Waals surface area contributed by atoms with E-state index < -0.39 is 17.8 Å². The second kappa shape index (κ2) is 11.4. The number of carbonyl (C=O) groups excluding carboxylic acids is 1. The van der Waals surface area contributed by atoms with Crippen molar-refractivity contribution in [3.8, 4) is 11.4 Å². The zero-order valence-electron chi connectivity index (χ0n) is 22.0. The molecule has 1 aliphatic heterocycles. The first-order chi connectivity index (χ1) is 19.2. The Bertz CT molecular complexity index is 1480. The number of fused-ring (bicyclic) bond motifs is 1. The van der Waals surface area contributed by atoms with Gasteiger partial charge in [-0.3, -0.25) is 4.57 Å². The number of benzene rings is 2. The third-order valence-corrected chi connectivity index (χ3v) is 6.58. The molecule has 1 saturated heterocycles. The number of likely N-dealkylation sites (tertiary alicyclic amines) is 1. The van der Waals surface area contributed by atoms with Crippen molar-refractivity contribution in [3.63, 3.8) is 0 Å². The average molecular weight is 555 g/mol. The molecule has 3 N–H and O–H groups in total. The third-order valence-electron chi connectivity index (χ3n) is 6.58. The Hall–Kier alpha value is -4.39. The van der Waals surface area contributed by atoms with Crippen LogP contribution >= 0.6 is 0 Å². The van der Waals surface area contributed by atoms with Gasteiger partial charge in [-0.05, 0) is 69.3 Å². The van der Waals surface area contributed by atoms with Crippen LogP contribution in [0.1, 0.15) is 25.3 Å². The summed E-state index contributed by atoms with van der Waals surface area (Å²) in [6, 6.07) is 9.74. The molecular formula is C27H29F3N8O2. The van der Waals surface area contributed by atoms with Gasteiger partial charge in [0, 0.05) is 36.7 Å². The van der Waals surface area contributed by atoms with Crippen LogP contribution in [0.2, 0.25) is 0 Å². The van der Waals surface area contributed by atoms with E-state index in [1.54, 1.807) is 35.2 Å². The second-order valence-corrected chi connectivity index (χ2v) is 9.49. The van der Waals surface area contributed by atoms with Gasteiger partial charge >= 0.3 is 12.2 Å². The highest BCUT2D eigenvalue weighted by atomic mass is 19.4. The van der Waals surface area contributed by atoms with Crippen LogP contribution < -0.4 is 20.7 Å². The molecule has 4 aromatic rings. The topological polar surface area (TPSA) is 109 Å². The molecule has 0 saturated carbocycles. The molecule has 1 fully saturated rings. The van der Waals surface area contributed by atoms with Crippen LogP contribution in [0.4, 0.5) is 35.2 Å². The summed E-state index contributed by atoms with van der Waals surface area (Å²) in [5.74, 6) is 0.398. The summed E-state index contributed by atoms with van der Waals surface area (Å²) in [6.07, 6.45) is -0.538. The summed E-state index contributed by atoms with van der Waals surface area (Å²) < 4.78 is 48.9. The van der Waals surface area contributed by atoms with Gasteiger partial charge in [-0.25, -0.2) is 19.7 Å². The molecule has 0 unspecified atom stereocenters. The Morgan fingerprint density at radius 2 is 1.73 bits per heavy atom. The van der Waals surface area contributed by atoms with Crippen molar-refractivity contribution in [3.05, 3.63) is 60.7 Å².